The van der Waals surface area contributed by atoms with Crippen molar-refractivity contribution in [3.63, 3.8) is 0 Å². The van der Waals surface area contributed by atoms with Crippen LogP contribution in [0.4, 0.5) is 0 Å². The minimum Gasteiger partial charge on any atom is -0.392 e. The molecule has 0 radical (unpaired) electrons. The number of aliphatic hydroxyl groups is 1. The van der Waals surface area contributed by atoms with E-state index >= 15 is 0 Å². The third-order valence-electron chi connectivity index (χ3n) is 4.19. The molecule has 0 unspecified atom stereocenters. The third kappa shape index (κ3) is 4.29. The van der Waals surface area contributed by atoms with E-state index < -0.39 is 6.10 Å². The highest BCUT2D eigenvalue weighted by Gasteiger charge is 2.28. The Morgan fingerprint density at radius 3 is 2.41 bits per heavy atom. The maximum absolute atomic E-state index is 12.6. The van der Waals surface area contributed by atoms with E-state index in [4.69, 9.17) is 4.74 Å². The summed E-state index contributed by atoms with van der Waals surface area (Å²) in [5, 5.41) is 9.72. The molecular weight excluding hydrogens is 280 g/mol. The molecule has 1 fully saturated rings. The number of piperazine rings is 1. The van der Waals surface area contributed by atoms with Gasteiger partial charge in [-0.15, -0.1) is 0 Å². The topological polar surface area (TPSA) is 53.0 Å². The first kappa shape index (κ1) is 16.9. The zero-order chi connectivity index (χ0) is 15.9. The predicted molar refractivity (Wildman–Crippen MR) is 85.5 cm³/mol. The molecule has 5 heteroatoms. The number of carbonyl (C=O) groups excluding carboxylic acids is 1. The van der Waals surface area contributed by atoms with E-state index in [9.17, 15) is 9.90 Å². The van der Waals surface area contributed by atoms with Gasteiger partial charge in [-0.2, -0.15) is 0 Å². The van der Waals surface area contributed by atoms with Crippen molar-refractivity contribution in [2.75, 3.05) is 39.8 Å². The number of aliphatic hydroxyl groups excluding tert-OH is 1. The number of amides is 1. The molecule has 1 N–H and O–H groups in total. The molecule has 0 aliphatic carbocycles. The Morgan fingerprint density at radius 1 is 1.23 bits per heavy atom. The lowest BCUT2D eigenvalue weighted by molar-refractivity contribution is -0.144. The second-order valence-corrected chi connectivity index (χ2v) is 5.71. The van der Waals surface area contributed by atoms with E-state index in [1.165, 1.54) is 0 Å². The van der Waals surface area contributed by atoms with Crippen LogP contribution in [0, 0.1) is 0 Å². The van der Waals surface area contributed by atoms with E-state index in [-0.39, 0.29) is 12.0 Å². The van der Waals surface area contributed by atoms with Gasteiger partial charge in [0, 0.05) is 39.8 Å². The van der Waals surface area contributed by atoms with Crippen LogP contribution in [0.3, 0.4) is 0 Å². The first-order valence-corrected chi connectivity index (χ1v) is 7.92. The highest BCUT2D eigenvalue weighted by Crippen LogP contribution is 2.20. The molecule has 0 aromatic heterocycles. The smallest absolute Gasteiger partial charge is 0.256 e. The molecule has 1 aliphatic heterocycles. The fraction of sp³-hybridized carbons (Fsp3) is 0.588. The zero-order valence-corrected chi connectivity index (χ0v) is 13.4. The molecular formula is C17H26N2O3. The van der Waals surface area contributed by atoms with Gasteiger partial charge in [0.15, 0.2) is 6.10 Å². The number of β-amino-alcohol motifs (C(OH)–C–C–N with tert-alkyl or cyclic N) is 1. The summed E-state index contributed by atoms with van der Waals surface area (Å²) in [6.45, 7) is 5.63. The Labute approximate surface area is 132 Å². The number of carbonyl (C=O) groups is 1. The van der Waals surface area contributed by atoms with E-state index in [1.807, 2.05) is 42.2 Å². The Kier molecular flexibility index (Phi) is 6.36. The van der Waals surface area contributed by atoms with Gasteiger partial charge in [-0.3, -0.25) is 9.69 Å². The van der Waals surface area contributed by atoms with Gasteiger partial charge < -0.3 is 14.7 Å². The second-order valence-electron chi connectivity index (χ2n) is 5.71. The van der Waals surface area contributed by atoms with E-state index in [2.05, 4.69) is 4.90 Å². The standard InChI is InChI=1S/C17H26N2O3/c1-3-15(20)13-18-9-11-19(12-10-18)17(21)16(22-2)14-7-5-4-6-8-14/h4-8,15-16,20H,3,9-13H2,1-2H3/t15-,16-/m1/s1. The fourth-order valence-electron chi connectivity index (χ4n) is 2.75. The Bertz CT molecular complexity index is 458. The summed E-state index contributed by atoms with van der Waals surface area (Å²) in [6.07, 6.45) is -0.0499. The van der Waals surface area contributed by atoms with E-state index in [1.54, 1.807) is 7.11 Å². The van der Waals surface area contributed by atoms with Crippen molar-refractivity contribution in [1.29, 1.82) is 0 Å². The van der Waals surface area contributed by atoms with Gasteiger partial charge in [0.2, 0.25) is 0 Å². The normalized spacial score (nSPS) is 19.0. The van der Waals surface area contributed by atoms with Gasteiger partial charge in [-0.1, -0.05) is 37.3 Å². The van der Waals surface area contributed by atoms with Gasteiger partial charge in [0.1, 0.15) is 0 Å². The van der Waals surface area contributed by atoms with Crippen LogP contribution in [-0.4, -0.2) is 66.8 Å². The van der Waals surface area contributed by atoms with Gasteiger partial charge >= 0.3 is 0 Å². The largest absolute Gasteiger partial charge is 0.392 e. The van der Waals surface area contributed by atoms with Gasteiger partial charge in [0.05, 0.1) is 6.10 Å². The average Bonchev–Trinajstić information content (AvgIpc) is 2.57. The molecule has 122 valence electrons. The molecule has 0 bridgehead atoms. The molecule has 2 rings (SSSR count). The molecule has 1 saturated heterocycles. The molecule has 1 aromatic carbocycles. The third-order valence-corrected chi connectivity index (χ3v) is 4.19. The summed E-state index contributed by atoms with van der Waals surface area (Å²) in [4.78, 5) is 16.7. The number of benzene rings is 1. The lowest BCUT2D eigenvalue weighted by atomic mass is 10.1. The summed E-state index contributed by atoms with van der Waals surface area (Å²) in [7, 11) is 1.57. The van der Waals surface area contributed by atoms with Gasteiger partial charge in [-0.05, 0) is 12.0 Å². The van der Waals surface area contributed by atoms with Crippen LogP contribution in [0.15, 0.2) is 30.3 Å². The fourth-order valence-corrected chi connectivity index (χ4v) is 2.75. The number of methoxy groups -OCH3 is 1. The van der Waals surface area contributed by atoms with Crippen LogP contribution in [0.2, 0.25) is 0 Å². The van der Waals surface area contributed by atoms with Crippen molar-refractivity contribution in [3.8, 4) is 0 Å². The molecule has 5 nitrogen and oxygen atoms in total. The van der Waals surface area contributed by atoms with Gasteiger partial charge in [-0.25, -0.2) is 0 Å². The Hall–Kier alpha value is -1.43. The molecule has 22 heavy (non-hydrogen) atoms. The van der Waals surface area contributed by atoms with Crippen molar-refractivity contribution in [3.05, 3.63) is 35.9 Å². The summed E-state index contributed by atoms with van der Waals surface area (Å²) >= 11 is 0. The second kappa shape index (κ2) is 8.27. The molecule has 1 heterocycles. The maximum atomic E-state index is 12.6. The van der Waals surface area contributed by atoms with Crippen LogP contribution in [0.1, 0.15) is 25.0 Å². The summed E-state index contributed by atoms with van der Waals surface area (Å²) in [5.74, 6) is 0.0180. The van der Waals surface area contributed by atoms with Crippen LogP contribution in [0.25, 0.3) is 0 Å². The molecule has 2 atom stereocenters. The lowest BCUT2D eigenvalue weighted by Crippen LogP contribution is -2.51. The monoisotopic (exact) mass is 306 g/mol. The summed E-state index contributed by atoms with van der Waals surface area (Å²) in [5.41, 5.74) is 0.888. The minimum absolute atomic E-state index is 0.0180. The van der Waals surface area contributed by atoms with Crippen LogP contribution in [-0.2, 0) is 9.53 Å². The molecule has 0 spiro atoms. The zero-order valence-electron chi connectivity index (χ0n) is 13.4. The first-order chi connectivity index (χ1) is 10.7. The Morgan fingerprint density at radius 2 is 1.86 bits per heavy atom. The number of rotatable bonds is 6. The molecule has 1 aliphatic rings. The SMILES string of the molecule is CC[C@@H](O)CN1CCN(C(=O)[C@H](OC)c2ccccc2)CC1. The van der Waals surface area contributed by atoms with Crippen LogP contribution < -0.4 is 0 Å². The van der Waals surface area contributed by atoms with Crippen molar-refractivity contribution >= 4 is 5.91 Å². The number of nitrogens with zero attached hydrogens (tertiary/aromatic N) is 2. The van der Waals surface area contributed by atoms with Crippen LogP contribution in [0.5, 0.6) is 0 Å². The average molecular weight is 306 g/mol. The lowest BCUT2D eigenvalue weighted by Gasteiger charge is -2.36. The number of hydrogen-bond acceptors (Lipinski definition) is 4. The summed E-state index contributed by atoms with van der Waals surface area (Å²) < 4.78 is 5.42. The van der Waals surface area contributed by atoms with E-state index in [0.29, 0.717) is 19.6 Å². The Balaban J connectivity index is 1.91. The summed E-state index contributed by atoms with van der Waals surface area (Å²) in [6, 6.07) is 9.59. The minimum atomic E-state index is -0.533. The quantitative estimate of drug-likeness (QED) is 0.860. The molecule has 1 amide bonds. The maximum Gasteiger partial charge on any atom is 0.256 e. The van der Waals surface area contributed by atoms with Crippen molar-refractivity contribution < 1.29 is 14.6 Å². The van der Waals surface area contributed by atoms with Crippen molar-refractivity contribution in [2.45, 2.75) is 25.6 Å². The highest BCUT2D eigenvalue weighted by molar-refractivity contribution is 5.82. The van der Waals surface area contributed by atoms with E-state index in [0.717, 1.165) is 25.1 Å². The number of ether oxygens (including phenoxy) is 1. The number of hydrogen-bond donors (Lipinski definition) is 1. The van der Waals surface area contributed by atoms with Gasteiger partial charge in [0.25, 0.3) is 5.91 Å². The molecule has 0 saturated carbocycles. The van der Waals surface area contributed by atoms with Crippen molar-refractivity contribution in [2.24, 2.45) is 0 Å². The highest BCUT2D eigenvalue weighted by atomic mass is 16.5. The van der Waals surface area contributed by atoms with Crippen molar-refractivity contribution in [1.82, 2.24) is 9.80 Å². The molecule has 1 aromatic rings. The predicted octanol–water partition coefficient (Wildman–Crippen LogP) is 1.29. The first-order valence-electron chi connectivity index (χ1n) is 7.92. The van der Waals surface area contributed by atoms with Crippen LogP contribution >= 0.6 is 0 Å².